The van der Waals surface area contributed by atoms with Crippen molar-refractivity contribution in [2.45, 2.75) is 18.3 Å². The molecule has 1 saturated heterocycles. The van der Waals surface area contributed by atoms with Gasteiger partial charge in [-0.1, -0.05) is 0 Å². The molecule has 5 aromatic rings. The van der Waals surface area contributed by atoms with Gasteiger partial charge in [0.1, 0.15) is 23.1 Å². The summed E-state index contributed by atoms with van der Waals surface area (Å²) in [5.41, 5.74) is 2.98. The van der Waals surface area contributed by atoms with E-state index in [1.54, 1.807) is 29.0 Å². The number of rotatable bonds is 4. The van der Waals surface area contributed by atoms with E-state index in [0.29, 0.717) is 55.2 Å². The van der Waals surface area contributed by atoms with Crippen LogP contribution in [-0.4, -0.2) is 68.3 Å². The number of carbonyl (C=O) groups excluding carboxylic acids is 2. The Labute approximate surface area is 238 Å². The molecule has 42 heavy (non-hydrogen) atoms. The number of halogens is 2. The number of fused-ring (bicyclic) bond motifs is 3. The lowest BCUT2D eigenvalue weighted by Crippen LogP contribution is -2.48. The molecule has 1 spiro atoms. The first-order chi connectivity index (χ1) is 20.3. The molecule has 1 fully saturated rings. The molecule has 1 N–H and O–H groups in total. The van der Waals surface area contributed by atoms with Gasteiger partial charge in [-0.25, -0.2) is 18.3 Å². The molecule has 212 valence electrons. The van der Waals surface area contributed by atoms with E-state index in [1.807, 2.05) is 24.3 Å². The van der Waals surface area contributed by atoms with E-state index < -0.39 is 23.0 Å². The summed E-state index contributed by atoms with van der Waals surface area (Å²) in [4.78, 5) is 34.6. The van der Waals surface area contributed by atoms with Gasteiger partial charge in [-0.05, 0) is 79.1 Å². The van der Waals surface area contributed by atoms with Crippen LogP contribution in [0.15, 0.2) is 66.9 Å². The van der Waals surface area contributed by atoms with Crippen LogP contribution in [0, 0.1) is 11.6 Å². The third kappa shape index (κ3) is 4.26. The standard InChI is InChI=1S/C30H25F2N7O3/c1-42-21-6-2-18(3-7-21)23-15-24(35-34-23)28(40)37-12-10-30(11-13-37)17-38(25-8-4-19(31)14-22(25)30)29(41)27-33-26-9-5-20(32)16-39(26)36-27/h2-9,14-16H,10-13,17H2,1H3,(H,34,35). The van der Waals surface area contributed by atoms with Gasteiger partial charge in [-0.15, -0.1) is 5.10 Å². The van der Waals surface area contributed by atoms with Crippen molar-refractivity contribution < 1.29 is 23.1 Å². The maximum Gasteiger partial charge on any atom is 0.298 e. The number of anilines is 1. The zero-order valence-electron chi connectivity index (χ0n) is 22.6. The largest absolute Gasteiger partial charge is 0.497 e. The lowest BCUT2D eigenvalue weighted by molar-refractivity contribution is 0.0664. The summed E-state index contributed by atoms with van der Waals surface area (Å²) >= 11 is 0. The van der Waals surface area contributed by atoms with Crippen LogP contribution in [0.25, 0.3) is 16.9 Å². The third-order valence-corrected chi connectivity index (χ3v) is 8.21. The SMILES string of the molecule is COc1ccc(-c2cc(C(=O)N3CCC4(CC3)CN(C(=O)c3nc5ccc(F)cn5n3)c3ccc(F)cc34)[nH]n2)cc1. The Balaban J connectivity index is 1.10. The number of hydrogen-bond donors (Lipinski definition) is 1. The Bertz CT molecular complexity index is 1840. The molecule has 0 bridgehead atoms. The number of hydrogen-bond acceptors (Lipinski definition) is 6. The van der Waals surface area contributed by atoms with E-state index in [0.717, 1.165) is 23.1 Å². The van der Waals surface area contributed by atoms with Crippen LogP contribution in [0.1, 0.15) is 39.5 Å². The molecule has 3 aromatic heterocycles. The number of aromatic nitrogens is 5. The fourth-order valence-electron chi connectivity index (χ4n) is 5.97. The van der Waals surface area contributed by atoms with Crippen molar-refractivity contribution in [3.8, 4) is 17.0 Å². The number of ether oxygens (including phenoxy) is 1. The van der Waals surface area contributed by atoms with Gasteiger partial charge < -0.3 is 14.5 Å². The minimum absolute atomic E-state index is 0.0764. The van der Waals surface area contributed by atoms with E-state index in [2.05, 4.69) is 20.3 Å². The lowest BCUT2D eigenvalue weighted by atomic mass is 9.74. The number of likely N-dealkylation sites (tertiary alicyclic amines) is 1. The summed E-state index contributed by atoms with van der Waals surface area (Å²) in [7, 11) is 1.60. The van der Waals surface area contributed by atoms with Gasteiger partial charge in [0.15, 0.2) is 5.65 Å². The molecule has 2 aromatic carbocycles. The summed E-state index contributed by atoms with van der Waals surface area (Å²) < 4.78 is 34.6. The molecular weight excluding hydrogens is 544 g/mol. The highest BCUT2D eigenvalue weighted by Gasteiger charge is 2.48. The van der Waals surface area contributed by atoms with E-state index in [1.165, 1.54) is 28.8 Å². The fourth-order valence-corrected chi connectivity index (χ4v) is 5.97. The monoisotopic (exact) mass is 569 g/mol. The molecule has 2 amide bonds. The molecule has 0 aliphatic carbocycles. The average Bonchev–Trinajstić information content (AvgIpc) is 3.74. The Morgan fingerprint density at radius 1 is 0.952 bits per heavy atom. The lowest BCUT2D eigenvalue weighted by Gasteiger charge is -2.39. The van der Waals surface area contributed by atoms with E-state index in [9.17, 15) is 18.4 Å². The van der Waals surface area contributed by atoms with Gasteiger partial charge in [-0.3, -0.25) is 14.7 Å². The third-order valence-electron chi connectivity index (χ3n) is 8.21. The molecule has 12 heteroatoms. The number of amides is 2. The normalized spacial score (nSPS) is 15.8. The Kier molecular flexibility index (Phi) is 5.99. The fraction of sp³-hybridized carbons (Fsp3) is 0.233. The second-order valence-electron chi connectivity index (χ2n) is 10.6. The van der Waals surface area contributed by atoms with Gasteiger partial charge >= 0.3 is 0 Å². The molecule has 10 nitrogen and oxygen atoms in total. The first-order valence-electron chi connectivity index (χ1n) is 13.5. The number of carbonyl (C=O) groups is 2. The van der Waals surface area contributed by atoms with Crippen LogP contribution in [-0.2, 0) is 5.41 Å². The molecule has 2 aliphatic heterocycles. The Morgan fingerprint density at radius 2 is 1.71 bits per heavy atom. The Hall–Kier alpha value is -5.13. The first-order valence-corrected chi connectivity index (χ1v) is 13.5. The van der Waals surface area contributed by atoms with Crippen LogP contribution in [0.3, 0.4) is 0 Å². The molecule has 0 atom stereocenters. The van der Waals surface area contributed by atoms with Crippen molar-refractivity contribution in [1.29, 1.82) is 0 Å². The molecular formula is C30H25F2N7O3. The second kappa shape index (κ2) is 9.75. The zero-order chi connectivity index (χ0) is 29.0. The first kappa shape index (κ1) is 25.8. The second-order valence-corrected chi connectivity index (χ2v) is 10.6. The van der Waals surface area contributed by atoms with Gasteiger partial charge in [0, 0.05) is 36.3 Å². The highest BCUT2D eigenvalue weighted by molar-refractivity contribution is 6.05. The van der Waals surface area contributed by atoms with Crippen molar-refractivity contribution >= 4 is 23.1 Å². The number of pyridine rings is 1. The number of nitrogens with one attached hydrogen (secondary N) is 1. The number of piperidine rings is 1. The maximum absolute atomic E-state index is 14.5. The molecule has 5 heterocycles. The predicted molar refractivity (Wildman–Crippen MR) is 148 cm³/mol. The topological polar surface area (TPSA) is 109 Å². The van der Waals surface area contributed by atoms with Gasteiger partial charge in [0.25, 0.3) is 11.8 Å². The van der Waals surface area contributed by atoms with Crippen LogP contribution in [0.4, 0.5) is 14.5 Å². The number of H-pyrrole nitrogens is 1. The molecule has 0 saturated carbocycles. The highest BCUT2D eigenvalue weighted by Crippen LogP contribution is 2.47. The smallest absolute Gasteiger partial charge is 0.298 e. The summed E-state index contributed by atoms with van der Waals surface area (Å²) in [5.74, 6) is -0.875. The highest BCUT2D eigenvalue weighted by atomic mass is 19.1. The van der Waals surface area contributed by atoms with Crippen molar-refractivity contribution in [2.75, 3.05) is 31.6 Å². The molecule has 0 radical (unpaired) electrons. The van der Waals surface area contributed by atoms with Gasteiger partial charge in [0.05, 0.1) is 19.0 Å². The van der Waals surface area contributed by atoms with Gasteiger partial charge in [-0.2, -0.15) is 5.10 Å². The van der Waals surface area contributed by atoms with E-state index in [-0.39, 0.29) is 11.7 Å². The minimum Gasteiger partial charge on any atom is -0.497 e. The number of aromatic amines is 1. The summed E-state index contributed by atoms with van der Waals surface area (Å²) in [6.45, 7) is 1.13. The summed E-state index contributed by atoms with van der Waals surface area (Å²) in [6, 6.07) is 16.2. The van der Waals surface area contributed by atoms with E-state index >= 15 is 0 Å². The summed E-state index contributed by atoms with van der Waals surface area (Å²) in [6.07, 6.45) is 2.21. The van der Waals surface area contributed by atoms with Crippen molar-refractivity contribution in [3.05, 3.63) is 95.6 Å². The number of benzene rings is 2. The van der Waals surface area contributed by atoms with Gasteiger partial charge in [0.2, 0.25) is 5.82 Å². The number of nitrogens with zero attached hydrogens (tertiary/aromatic N) is 6. The predicted octanol–water partition coefficient (Wildman–Crippen LogP) is 4.24. The molecule has 7 rings (SSSR count). The summed E-state index contributed by atoms with van der Waals surface area (Å²) in [5, 5.41) is 11.3. The number of methoxy groups -OCH3 is 1. The van der Waals surface area contributed by atoms with Crippen LogP contribution in [0.2, 0.25) is 0 Å². The van der Waals surface area contributed by atoms with Crippen LogP contribution >= 0.6 is 0 Å². The molecule has 0 unspecified atom stereocenters. The Morgan fingerprint density at radius 3 is 2.48 bits per heavy atom. The quantitative estimate of drug-likeness (QED) is 0.347. The minimum atomic E-state index is -0.544. The molecule has 2 aliphatic rings. The average molecular weight is 570 g/mol. The van der Waals surface area contributed by atoms with E-state index in [4.69, 9.17) is 4.74 Å². The van der Waals surface area contributed by atoms with Crippen LogP contribution < -0.4 is 9.64 Å². The zero-order valence-corrected chi connectivity index (χ0v) is 22.6. The maximum atomic E-state index is 14.5. The van der Waals surface area contributed by atoms with Crippen molar-refractivity contribution in [3.63, 3.8) is 0 Å². The van der Waals surface area contributed by atoms with Crippen molar-refractivity contribution in [2.24, 2.45) is 0 Å². The van der Waals surface area contributed by atoms with Crippen molar-refractivity contribution in [1.82, 2.24) is 29.7 Å². The van der Waals surface area contributed by atoms with Crippen LogP contribution in [0.5, 0.6) is 5.75 Å².